The zero-order chi connectivity index (χ0) is 4.99. The maximum absolute atomic E-state index is 9.55. The van der Waals surface area contributed by atoms with Crippen LogP contribution in [0.4, 0.5) is 0 Å². The molecule has 38 valence electrons. The van der Waals surface area contributed by atoms with Gasteiger partial charge in [-0.15, -0.1) is 0 Å². The van der Waals surface area contributed by atoms with Crippen molar-refractivity contribution in [1.29, 1.82) is 0 Å². The summed E-state index contributed by atoms with van der Waals surface area (Å²) in [6, 6.07) is 0. The Bertz CT molecular complexity index is 56.9. The number of rotatable bonds is 2. The van der Waals surface area contributed by atoms with Gasteiger partial charge in [0, 0.05) is 5.75 Å². The number of carbonyl (C=O) groups is 1. The fraction of sp³-hybridized carbons (Fsp3) is 0.667. The molecule has 0 aliphatic carbocycles. The van der Waals surface area contributed by atoms with Crippen LogP contribution in [0, 0.1) is 0 Å². The fourth-order valence-electron chi connectivity index (χ4n) is 0.0956. The molecule has 0 rings (SSSR count). The van der Waals surface area contributed by atoms with Crippen molar-refractivity contribution in [3.8, 4) is 0 Å². The van der Waals surface area contributed by atoms with Crippen LogP contribution in [-0.4, -0.2) is 35.7 Å². The van der Waals surface area contributed by atoms with E-state index in [1.54, 1.807) is 0 Å². The molecule has 0 atom stereocenters. The summed E-state index contributed by atoms with van der Waals surface area (Å²) in [6.45, 7) is 0. The second-order valence-corrected chi connectivity index (χ2v) is 1.31. The average Bonchev–Trinajstić information content (AvgIpc) is 1.35. The van der Waals surface area contributed by atoms with E-state index in [2.05, 4.69) is 12.6 Å². The molecule has 0 unspecified atom stereocenters. The first-order valence-corrected chi connectivity index (χ1v) is 2.23. The van der Waals surface area contributed by atoms with Gasteiger partial charge in [0.05, 0.1) is 6.42 Å². The van der Waals surface area contributed by atoms with Gasteiger partial charge < -0.3 is 5.11 Å². The van der Waals surface area contributed by atoms with Crippen molar-refractivity contribution >= 4 is 37.5 Å². The van der Waals surface area contributed by atoms with Gasteiger partial charge in [-0.2, -0.15) is 12.6 Å². The van der Waals surface area contributed by atoms with Crippen molar-refractivity contribution in [3.05, 3.63) is 0 Å². The van der Waals surface area contributed by atoms with Gasteiger partial charge >= 0.3 is 24.8 Å². The van der Waals surface area contributed by atoms with Crippen LogP contribution in [0.5, 0.6) is 0 Å². The molecule has 0 saturated heterocycles. The maximum atomic E-state index is 9.55. The van der Waals surface area contributed by atoms with E-state index in [4.69, 9.17) is 5.11 Å². The van der Waals surface area contributed by atoms with Crippen molar-refractivity contribution in [3.63, 3.8) is 0 Å². The number of hydrogen-bond acceptors (Lipinski definition) is 2. The molecular weight excluding hydrogens is 107 g/mol. The van der Waals surface area contributed by atoms with E-state index in [1.165, 1.54) is 0 Å². The summed E-state index contributed by atoms with van der Waals surface area (Å²) in [7, 11) is 0. The monoisotopic (exact) mass is 114 g/mol. The van der Waals surface area contributed by atoms with E-state index in [-0.39, 0.29) is 25.3 Å². The Hall–Kier alpha value is 0.417. The zero-order valence-electron chi connectivity index (χ0n) is 3.22. The molecule has 2 nitrogen and oxygen atoms in total. The molecule has 0 fully saturated rings. The molecule has 0 amide bonds. The van der Waals surface area contributed by atoms with Gasteiger partial charge in [0.15, 0.2) is 0 Å². The van der Waals surface area contributed by atoms with Gasteiger partial charge in [0.25, 0.3) is 0 Å². The minimum atomic E-state index is -0.787. The third kappa shape index (κ3) is 10.7. The molecule has 0 heterocycles. The van der Waals surface area contributed by atoms with Crippen LogP contribution in [0.2, 0.25) is 0 Å². The molecular formula is C3H7LiO2S. The molecule has 0 radical (unpaired) electrons. The number of carboxylic acid groups (broad SMARTS) is 1. The van der Waals surface area contributed by atoms with Crippen LogP contribution < -0.4 is 0 Å². The molecule has 7 heavy (non-hydrogen) atoms. The van der Waals surface area contributed by atoms with Gasteiger partial charge in [-0.25, -0.2) is 0 Å². The molecule has 0 spiro atoms. The Kier molecular flexibility index (Phi) is 9.54. The standard InChI is InChI=1S/C3H6O2S.Li.H/c4-3(5)1-2-6;;/h6H,1-2H2,(H,4,5);;. The quantitative estimate of drug-likeness (QED) is 0.383. The second-order valence-electron chi connectivity index (χ2n) is 0.867. The SMILES string of the molecule is O=C(O)CCS.[LiH]. The summed E-state index contributed by atoms with van der Waals surface area (Å²) in [4.78, 5) is 9.55. The first-order chi connectivity index (χ1) is 2.77. The number of aliphatic carboxylic acids is 1. The van der Waals surface area contributed by atoms with Crippen molar-refractivity contribution in [2.24, 2.45) is 0 Å². The van der Waals surface area contributed by atoms with Crippen LogP contribution in [0.3, 0.4) is 0 Å². The van der Waals surface area contributed by atoms with Crippen LogP contribution in [0.15, 0.2) is 0 Å². The predicted octanol–water partition coefficient (Wildman–Crippen LogP) is -0.258. The number of hydrogen-bond donors (Lipinski definition) is 2. The molecule has 0 aromatic heterocycles. The first kappa shape index (κ1) is 10.4. The van der Waals surface area contributed by atoms with E-state index < -0.39 is 5.97 Å². The zero-order valence-corrected chi connectivity index (χ0v) is 4.11. The Balaban J connectivity index is 0. The molecule has 4 heteroatoms. The molecule has 0 saturated carbocycles. The van der Waals surface area contributed by atoms with Crippen molar-refractivity contribution in [2.75, 3.05) is 5.75 Å². The van der Waals surface area contributed by atoms with Gasteiger partial charge in [0.1, 0.15) is 0 Å². The van der Waals surface area contributed by atoms with Crippen molar-refractivity contribution < 1.29 is 9.90 Å². The van der Waals surface area contributed by atoms with Crippen molar-refractivity contribution in [1.82, 2.24) is 0 Å². The van der Waals surface area contributed by atoms with Crippen LogP contribution in [0.25, 0.3) is 0 Å². The Labute approximate surface area is 59.9 Å². The Morgan fingerprint density at radius 3 is 2.14 bits per heavy atom. The fourth-order valence-corrected chi connectivity index (χ4v) is 0.287. The summed E-state index contributed by atoms with van der Waals surface area (Å²) in [5.41, 5.74) is 0. The molecule has 0 aliphatic rings. The van der Waals surface area contributed by atoms with E-state index in [0.29, 0.717) is 5.75 Å². The predicted molar refractivity (Wildman–Crippen MR) is 33.3 cm³/mol. The summed E-state index contributed by atoms with van der Waals surface area (Å²) >= 11 is 3.68. The number of carboxylic acids is 1. The van der Waals surface area contributed by atoms with Gasteiger partial charge in [-0.05, 0) is 0 Å². The van der Waals surface area contributed by atoms with Crippen LogP contribution in [-0.2, 0) is 4.79 Å². The van der Waals surface area contributed by atoms with Gasteiger partial charge in [-0.1, -0.05) is 0 Å². The molecule has 0 aromatic rings. The summed E-state index contributed by atoms with van der Waals surface area (Å²) in [5.74, 6) is -0.361. The summed E-state index contributed by atoms with van der Waals surface area (Å²) < 4.78 is 0. The van der Waals surface area contributed by atoms with E-state index in [0.717, 1.165) is 0 Å². The molecule has 0 aromatic carbocycles. The molecule has 1 N–H and O–H groups in total. The number of thiol groups is 1. The normalized spacial score (nSPS) is 7.00. The molecule has 0 bridgehead atoms. The van der Waals surface area contributed by atoms with Crippen molar-refractivity contribution in [2.45, 2.75) is 6.42 Å². The topological polar surface area (TPSA) is 37.3 Å². The summed E-state index contributed by atoms with van der Waals surface area (Å²) in [5, 5.41) is 7.86. The first-order valence-electron chi connectivity index (χ1n) is 1.60. The van der Waals surface area contributed by atoms with Crippen LogP contribution in [0.1, 0.15) is 6.42 Å². The molecule has 0 aliphatic heterocycles. The summed E-state index contributed by atoms with van der Waals surface area (Å²) in [6.07, 6.45) is 0.156. The Morgan fingerprint density at radius 1 is 1.71 bits per heavy atom. The van der Waals surface area contributed by atoms with E-state index in [9.17, 15) is 4.79 Å². The minimum absolute atomic E-state index is 0. The van der Waals surface area contributed by atoms with Crippen LogP contribution >= 0.6 is 12.6 Å². The third-order valence-corrected chi connectivity index (χ3v) is 0.549. The van der Waals surface area contributed by atoms with E-state index >= 15 is 0 Å². The van der Waals surface area contributed by atoms with Gasteiger partial charge in [0.2, 0.25) is 0 Å². The second kappa shape index (κ2) is 6.42. The third-order valence-electron chi connectivity index (χ3n) is 0.326. The Morgan fingerprint density at radius 2 is 2.14 bits per heavy atom. The van der Waals surface area contributed by atoms with Gasteiger partial charge in [-0.3, -0.25) is 4.79 Å². The van der Waals surface area contributed by atoms with E-state index in [1.807, 2.05) is 0 Å². The average molecular weight is 114 g/mol.